The van der Waals surface area contributed by atoms with Crippen molar-refractivity contribution < 1.29 is 0 Å². The van der Waals surface area contributed by atoms with Crippen molar-refractivity contribution in [2.75, 3.05) is 0 Å². The zero-order valence-corrected chi connectivity index (χ0v) is 84.7. The molecule has 5 aromatic carbocycles. The van der Waals surface area contributed by atoms with Crippen molar-refractivity contribution in [2.24, 2.45) is 21.1 Å². The highest BCUT2D eigenvalue weighted by molar-refractivity contribution is 6.08. The van der Waals surface area contributed by atoms with E-state index < -0.39 is 0 Å². The SMILES string of the molecule is CC.CC.CC.CC.CC.CC.CC.CC.CC.CC.CC.Cc1cc2ncccc2cn1.Cc1nc2ccccc2c2ccccc12.Cc1nc2ccccc2n1C.Cc1nc2ccccc2n1C.Cc1nc2ccccn2c1C.Cc1nc2ccccn2c1C.Cc1nc2ncccn2c1C.Cc1nc2ncccn2c1C.Cn1c2ccccc2c2cnccc21. The highest BCUT2D eigenvalue weighted by atomic mass is 15.1. The Bertz CT molecular complexity index is 5750. The van der Waals surface area contributed by atoms with E-state index in [-0.39, 0.29) is 0 Å². The second kappa shape index (κ2) is 62.9. The normalized spacial score (nSPS) is 9.45. The predicted octanol–water partition coefficient (Wildman–Crippen LogP) is 30.0. The third kappa shape index (κ3) is 31.2. The summed E-state index contributed by atoms with van der Waals surface area (Å²) >= 11 is 0. The second-order valence-electron chi connectivity index (χ2n) is 25.7. The monoisotopic (exact) mass is 1730 g/mol. The van der Waals surface area contributed by atoms with Gasteiger partial charge >= 0.3 is 0 Å². The maximum atomic E-state index is 4.60. The van der Waals surface area contributed by atoms with Gasteiger partial charge in [-0.1, -0.05) is 249 Å². The van der Waals surface area contributed by atoms with Gasteiger partial charge in [0.25, 0.3) is 0 Å². The van der Waals surface area contributed by atoms with Crippen LogP contribution >= 0.6 is 0 Å². The zero-order valence-electron chi connectivity index (χ0n) is 84.7. The molecule has 128 heavy (non-hydrogen) atoms. The van der Waals surface area contributed by atoms with E-state index >= 15 is 0 Å². The molecule has 0 atom stereocenters. The third-order valence-corrected chi connectivity index (χ3v) is 18.9. The smallest absolute Gasteiger partial charge is 0.234 e. The molecule has 20 aromatic rings. The Kier molecular flexibility index (Phi) is 55.4. The first kappa shape index (κ1) is 113. The van der Waals surface area contributed by atoms with E-state index in [1.54, 1.807) is 18.6 Å². The van der Waals surface area contributed by atoms with Gasteiger partial charge in [0.15, 0.2) is 0 Å². The number of rotatable bonds is 0. The van der Waals surface area contributed by atoms with E-state index in [4.69, 9.17) is 0 Å². The number of hydrogen-bond acceptors (Lipinski definition) is 12. The number of hydrogen-bond donors (Lipinski definition) is 0. The van der Waals surface area contributed by atoms with Crippen LogP contribution in [0.4, 0.5) is 0 Å². The standard InChI is InChI=1S/C14H11N.C12H10N2.4C9H10N2.C9H8N2.2C8H9N3.11C2H6/c1-10-11-6-2-3-7-12(11)13-8-4-5-9-14(13)15-10;1-14-11-5-3-2-4-9(11)10-8-13-7-6-12(10)14;2*1-7-10-8-5-3-4-6-9(8)11(7)2;2*1-7-8(2)11-6-4-3-5-9(11)10-7;1-7-5-9-8(6-11-7)3-2-4-10-9;2*1-6-7(2)11-5-3-4-9-8(11)10-6;11*1-2/h2-9H,1H3;2-8H,1H3;4*3-6H,1-2H3;2-6H,1H3;2*3-5H,1-2H3;11*1-2H3. The van der Waals surface area contributed by atoms with E-state index in [0.29, 0.717) is 0 Å². The molecule has 15 heterocycles. The van der Waals surface area contributed by atoms with Gasteiger partial charge in [-0.2, -0.15) is 0 Å². The summed E-state index contributed by atoms with van der Waals surface area (Å²) < 4.78 is 14.5. The Morgan fingerprint density at radius 3 is 1.02 bits per heavy atom. The van der Waals surface area contributed by atoms with E-state index in [2.05, 4.69) is 195 Å². The molecule has 0 aliphatic heterocycles. The van der Waals surface area contributed by atoms with Gasteiger partial charge in [0.1, 0.15) is 22.9 Å². The molecule has 0 unspecified atom stereocenters. The zero-order chi connectivity index (χ0) is 96.5. The quantitative estimate of drug-likeness (QED) is 0.131. The van der Waals surface area contributed by atoms with E-state index in [1.165, 1.54) is 60.4 Å². The van der Waals surface area contributed by atoms with Gasteiger partial charge in [0.2, 0.25) is 11.6 Å². The van der Waals surface area contributed by atoms with Crippen molar-refractivity contribution in [3.8, 4) is 0 Å². The predicted molar refractivity (Wildman–Crippen MR) is 556 cm³/mol. The van der Waals surface area contributed by atoms with Crippen LogP contribution in [0, 0.1) is 83.1 Å². The fourth-order valence-electron chi connectivity index (χ4n) is 12.4. The topological polar surface area (TPSA) is 187 Å². The average molecular weight is 1730 g/mol. The molecule has 20 rings (SSSR count). The maximum absolute atomic E-state index is 4.60. The molecule has 0 saturated carbocycles. The molecular formula is C109H153N19. The number of pyridine rings is 6. The summed E-state index contributed by atoms with van der Waals surface area (Å²) in [6.07, 6.45) is 18.9. The molecule has 0 N–H and O–H groups in total. The fourth-order valence-corrected chi connectivity index (χ4v) is 12.4. The van der Waals surface area contributed by atoms with Crippen LogP contribution in [0.2, 0.25) is 0 Å². The van der Waals surface area contributed by atoms with Crippen LogP contribution in [-0.4, -0.2) is 91.1 Å². The largest absolute Gasteiger partial charge is 0.344 e. The second-order valence-corrected chi connectivity index (χ2v) is 25.7. The molecule has 0 aliphatic rings. The van der Waals surface area contributed by atoms with E-state index in [9.17, 15) is 0 Å². The molecule has 684 valence electrons. The first-order valence-electron chi connectivity index (χ1n) is 46.1. The Balaban J connectivity index is 0.000000701. The van der Waals surface area contributed by atoms with Gasteiger partial charge in [0.05, 0.1) is 61.4 Å². The number of imidazole rings is 6. The fraction of sp³-hybridized carbons (Fsp3) is 0.339. The van der Waals surface area contributed by atoms with E-state index in [0.717, 1.165) is 108 Å². The summed E-state index contributed by atoms with van der Waals surface area (Å²) in [6.45, 7) is 68.3. The lowest BCUT2D eigenvalue weighted by molar-refractivity contribution is 0.886. The molecule has 0 amide bonds. The summed E-state index contributed by atoms with van der Waals surface area (Å²) in [5, 5.41) is 7.37. The van der Waals surface area contributed by atoms with Gasteiger partial charge in [0, 0.05) is 150 Å². The molecule has 0 radical (unpaired) electrons. The van der Waals surface area contributed by atoms with Gasteiger partial charge in [-0.05, 0) is 186 Å². The summed E-state index contributed by atoms with van der Waals surface area (Å²) in [5.41, 5.74) is 22.4. The number of nitrogens with zero attached hydrogens (tertiary/aromatic N) is 19. The third-order valence-electron chi connectivity index (χ3n) is 18.9. The van der Waals surface area contributed by atoms with Crippen molar-refractivity contribution in [1.82, 2.24) is 91.1 Å². The number of aromatic nitrogens is 19. The van der Waals surface area contributed by atoms with Crippen molar-refractivity contribution in [1.29, 1.82) is 0 Å². The lowest BCUT2D eigenvalue weighted by atomic mass is 10.0. The van der Waals surface area contributed by atoms with Gasteiger partial charge in [-0.15, -0.1) is 0 Å². The van der Waals surface area contributed by atoms with Crippen LogP contribution in [-0.2, 0) is 21.1 Å². The van der Waals surface area contributed by atoms with Crippen LogP contribution in [0.5, 0.6) is 0 Å². The number of benzene rings is 5. The van der Waals surface area contributed by atoms with E-state index in [1.807, 2.05) is 390 Å². The van der Waals surface area contributed by atoms with Crippen LogP contribution in [0.25, 0.3) is 99.3 Å². The van der Waals surface area contributed by atoms with Crippen molar-refractivity contribution in [3.63, 3.8) is 0 Å². The lowest BCUT2D eigenvalue weighted by Crippen LogP contribution is -1.89. The van der Waals surface area contributed by atoms with Crippen molar-refractivity contribution in [2.45, 2.75) is 235 Å². The summed E-state index contributed by atoms with van der Waals surface area (Å²) in [7, 11) is 6.15. The number of para-hydroxylation sites is 6. The summed E-state index contributed by atoms with van der Waals surface area (Å²) in [6, 6.07) is 65.2. The first-order valence-corrected chi connectivity index (χ1v) is 46.1. The molecule has 0 spiro atoms. The van der Waals surface area contributed by atoms with Crippen molar-refractivity contribution >= 4 is 99.3 Å². The lowest BCUT2D eigenvalue weighted by Gasteiger charge is -2.05. The van der Waals surface area contributed by atoms with Gasteiger partial charge in [-0.25, -0.2) is 39.9 Å². The van der Waals surface area contributed by atoms with Crippen LogP contribution < -0.4 is 0 Å². The molecule has 0 aliphatic carbocycles. The summed E-state index contributed by atoms with van der Waals surface area (Å²) in [5.74, 6) is 3.68. The average Bonchev–Trinajstić information content (AvgIpc) is 1.67. The summed E-state index contributed by atoms with van der Waals surface area (Å²) in [4.78, 5) is 51.4. The molecular weight excluding hydrogens is 1580 g/mol. The molecule has 0 fully saturated rings. The Morgan fingerprint density at radius 2 is 0.586 bits per heavy atom. The minimum absolute atomic E-state index is 0.780. The van der Waals surface area contributed by atoms with Crippen LogP contribution in [0.3, 0.4) is 0 Å². The maximum Gasteiger partial charge on any atom is 0.234 e. The van der Waals surface area contributed by atoms with Crippen LogP contribution in [0.1, 0.15) is 221 Å². The minimum Gasteiger partial charge on any atom is -0.344 e. The number of aryl methyl sites for hydroxylation is 15. The minimum atomic E-state index is 0.780. The Morgan fingerprint density at radius 1 is 0.227 bits per heavy atom. The van der Waals surface area contributed by atoms with Gasteiger partial charge in [-0.3, -0.25) is 28.7 Å². The van der Waals surface area contributed by atoms with Crippen LogP contribution in [0.15, 0.2) is 256 Å². The Labute approximate surface area is 767 Å². The molecule has 15 aromatic heterocycles. The first-order chi connectivity index (χ1) is 62.3. The van der Waals surface area contributed by atoms with Gasteiger partial charge < -0.3 is 22.5 Å². The number of fused-ring (bicyclic) bond motifs is 13. The Hall–Kier alpha value is -13.2. The van der Waals surface area contributed by atoms with Crippen molar-refractivity contribution in [3.05, 3.63) is 325 Å². The highest BCUT2D eigenvalue weighted by Crippen LogP contribution is 2.28. The molecule has 19 nitrogen and oxygen atoms in total. The molecule has 0 saturated heterocycles. The highest BCUT2D eigenvalue weighted by Gasteiger charge is 2.10. The molecule has 0 bridgehead atoms. The molecule has 19 heteroatoms.